The predicted molar refractivity (Wildman–Crippen MR) is 285 cm³/mol. The smallest absolute Gasteiger partial charge is 0.187 e. The molecule has 0 aromatic carbocycles. The molecule has 5 saturated carbocycles. The van der Waals surface area contributed by atoms with Gasteiger partial charge in [0.05, 0.1) is 62.4 Å². The summed E-state index contributed by atoms with van der Waals surface area (Å²) in [5, 5.41) is 188. The van der Waals surface area contributed by atoms with Gasteiger partial charge in [-0.05, 0) is 91.3 Å². The first-order valence-corrected chi connectivity index (χ1v) is 30.8. The highest BCUT2D eigenvalue weighted by molar-refractivity contribution is 5.30. The lowest BCUT2D eigenvalue weighted by Crippen LogP contribution is -2.75. The second-order valence-electron chi connectivity index (χ2n) is 29.2. The average Bonchev–Trinajstić information content (AvgIpc) is 1.34. The van der Waals surface area contributed by atoms with Gasteiger partial charge >= 0.3 is 0 Å². The van der Waals surface area contributed by atoms with Crippen LogP contribution in [0.5, 0.6) is 0 Å². The minimum Gasteiger partial charge on any atom is -0.394 e. The summed E-state index contributed by atoms with van der Waals surface area (Å²) in [4.78, 5) is 0. The van der Waals surface area contributed by atoms with E-state index in [1.54, 1.807) is 0 Å². The van der Waals surface area contributed by atoms with Crippen LogP contribution in [0.4, 0.5) is 0 Å². The molecule has 496 valence electrons. The van der Waals surface area contributed by atoms with E-state index in [0.717, 1.165) is 19.3 Å². The quantitative estimate of drug-likeness (QED) is 0.0768. The van der Waals surface area contributed by atoms with E-state index in [0.29, 0.717) is 38.5 Å². The van der Waals surface area contributed by atoms with E-state index in [4.69, 9.17) is 52.1 Å². The van der Waals surface area contributed by atoms with Crippen molar-refractivity contribution in [2.45, 2.75) is 278 Å². The Balaban J connectivity index is 0.857. The average molecular weight is 1240 g/mol. The Morgan fingerprint density at radius 3 is 1.58 bits per heavy atom. The third kappa shape index (κ3) is 10.1. The molecule has 17 N–H and O–H groups in total. The third-order valence-corrected chi connectivity index (χ3v) is 24.0. The summed E-state index contributed by atoms with van der Waals surface area (Å²) in [7, 11) is 0. The number of ether oxygens (including phenoxy) is 11. The van der Waals surface area contributed by atoms with Crippen LogP contribution in [-0.2, 0) is 52.1 Å². The SMILES string of the molecule is CC1(C)CC2[C@]3(C(O)O[C@@]24CCC2[C@@]5(C)CC[C@H](O[C@@H]6OC[C@H](O[C@@H]7O[C@H](CO)[C@@H](O[C@@H]8O[C@H](CO)[C@@H](O)[C@H](O)[C@H]8O)[C@H](O)[C@H]7O[C@@H]7OC[C@@H](O)[C@H](O)[C@H]7O)[C@H](O)[C@H]6O[C@@H]6O[C@H](CO)[C@@H](O)[C@H](O)[C@H]6O)C(C)(C)C5CC[C@@]2(C)[C@]4(C)C[C@H]3O)[C@@H](O)C1. The molecule has 11 fully saturated rings. The van der Waals surface area contributed by atoms with Gasteiger partial charge in [0.15, 0.2) is 37.7 Å². The van der Waals surface area contributed by atoms with Crippen molar-refractivity contribution in [1.82, 2.24) is 0 Å². The predicted octanol–water partition coefficient (Wildman–Crippen LogP) is -4.96. The van der Waals surface area contributed by atoms with E-state index in [9.17, 15) is 86.8 Å². The Labute approximate surface area is 498 Å². The molecule has 0 amide bonds. The van der Waals surface area contributed by atoms with Gasteiger partial charge in [0, 0.05) is 11.3 Å². The zero-order valence-electron chi connectivity index (χ0n) is 49.8. The summed E-state index contributed by atoms with van der Waals surface area (Å²) in [6, 6.07) is 0. The summed E-state index contributed by atoms with van der Waals surface area (Å²) >= 11 is 0. The fourth-order valence-electron chi connectivity index (χ4n) is 19.2. The number of rotatable bonds is 13. The highest BCUT2D eigenvalue weighted by Crippen LogP contribution is 2.81. The van der Waals surface area contributed by atoms with Gasteiger partial charge in [-0.15, -0.1) is 0 Å². The van der Waals surface area contributed by atoms with Gasteiger partial charge in [-0.2, -0.15) is 0 Å². The second-order valence-corrected chi connectivity index (χ2v) is 29.2. The first kappa shape index (κ1) is 66.3. The zero-order chi connectivity index (χ0) is 62.5. The van der Waals surface area contributed by atoms with Crippen LogP contribution in [0.3, 0.4) is 0 Å². The van der Waals surface area contributed by atoms with E-state index in [-0.39, 0.29) is 34.0 Å². The van der Waals surface area contributed by atoms with Gasteiger partial charge in [0.1, 0.15) is 110 Å². The molecule has 11 rings (SSSR count). The topological polar surface area (TPSA) is 445 Å². The van der Waals surface area contributed by atoms with E-state index < -0.39 is 221 Å². The first-order valence-electron chi connectivity index (χ1n) is 30.8. The molecule has 0 aromatic rings. The van der Waals surface area contributed by atoms with E-state index in [2.05, 4.69) is 48.5 Å². The molecule has 6 aliphatic heterocycles. The fraction of sp³-hybridized carbons (Fsp3) is 1.00. The highest BCUT2D eigenvalue weighted by Gasteiger charge is 2.84. The molecule has 11 aliphatic rings. The largest absolute Gasteiger partial charge is 0.394 e. The molecule has 6 saturated heterocycles. The van der Waals surface area contributed by atoms with Crippen LogP contribution >= 0.6 is 0 Å². The van der Waals surface area contributed by atoms with Gasteiger partial charge in [-0.25, -0.2) is 0 Å². The van der Waals surface area contributed by atoms with Crippen LogP contribution < -0.4 is 0 Å². The molecule has 2 bridgehead atoms. The van der Waals surface area contributed by atoms with Gasteiger partial charge in [-0.1, -0.05) is 48.5 Å². The maximum Gasteiger partial charge on any atom is 0.187 e. The minimum absolute atomic E-state index is 0.0212. The lowest BCUT2D eigenvalue weighted by atomic mass is 9.30. The minimum atomic E-state index is -2.05. The molecule has 1 spiro atoms. The summed E-state index contributed by atoms with van der Waals surface area (Å²) in [6.45, 7) is 11.7. The summed E-state index contributed by atoms with van der Waals surface area (Å²) in [5.74, 6) is -0.133. The van der Waals surface area contributed by atoms with Gasteiger partial charge in [-0.3, -0.25) is 0 Å². The first-order chi connectivity index (χ1) is 40.3. The van der Waals surface area contributed by atoms with Crippen molar-refractivity contribution in [2.24, 2.45) is 50.2 Å². The monoisotopic (exact) mass is 1240 g/mol. The molecule has 35 atom stereocenters. The van der Waals surface area contributed by atoms with Crippen LogP contribution in [-0.4, -0.2) is 291 Å². The Morgan fingerprint density at radius 2 is 0.965 bits per heavy atom. The molecule has 28 heteroatoms. The molecule has 6 heterocycles. The summed E-state index contributed by atoms with van der Waals surface area (Å²) in [5.41, 5.74) is -4.15. The van der Waals surface area contributed by atoms with Crippen LogP contribution in [0.15, 0.2) is 0 Å². The zero-order valence-corrected chi connectivity index (χ0v) is 49.8. The second kappa shape index (κ2) is 23.7. The molecular weight excluding hydrogens is 1140 g/mol. The maximum atomic E-state index is 12.6. The third-order valence-electron chi connectivity index (χ3n) is 24.0. The lowest BCUT2D eigenvalue weighted by molar-refractivity contribution is -0.402. The Kier molecular flexibility index (Phi) is 18.3. The molecule has 28 nitrogen and oxygen atoms in total. The molecule has 4 unspecified atom stereocenters. The number of hydrogen-bond donors (Lipinski definition) is 17. The Bertz CT molecular complexity index is 2360. The van der Waals surface area contributed by atoms with Crippen LogP contribution in [0.2, 0.25) is 0 Å². The lowest BCUT2D eigenvalue weighted by Gasteiger charge is -2.75. The number of fused-ring (bicyclic) bond motifs is 4. The number of hydrogen-bond acceptors (Lipinski definition) is 28. The van der Waals surface area contributed by atoms with Gasteiger partial charge in [0.25, 0.3) is 0 Å². The standard InChI is InChI=1S/C58H96O28/c1-52(2)14-29-57-13-9-28-54(5)11-10-32(53(3,4)27(54)8-12-55(28,6)56(57,7)16-31(64)58(29,30(63)15-52)51(75)86-57)82-49-44(85-48-41(73)38(70)35(67)24(18-60)79-48)36(68)26(21-77-49)81-50-45(84-46-39(71)33(65)22(62)20-76-46)42(74)43(25(19-61)80-50)83-47-40(72)37(69)34(66)23(17-59)78-47/h22-51,59-75H,8-21H2,1-7H3/t22-,23-,24-,25-,26+,27?,28?,29?,30+,31-,32+,33+,34-,35-,36+,37+,38+,39-,40-,41-,42+,43-,44-,45-,46+,47+,48+,49+,50+,51?,54+,55-,56+,57+,58+/m1/s1. The maximum absolute atomic E-state index is 12.6. The van der Waals surface area contributed by atoms with Crippen molar-refractivity contribution in [1.29, 1.82) is 0 Å². The molecular formula is C58H96O28. The van der Waals surface area contributed by atoms with E-state index in [1.165, 1.54) is 0 Å². The van der Waals surface area contributed by atoms with Crippen LogP contribution in [0, 0.1) is 50.2 Å². The Morgan fingerprint density at radius 1 is 0.430 bits per heavy atom. The van der Waals surface area contributed by atoms with Crippen molar-refractivity contribution < 1.29 is 139 Å². The summed E-state index contributed by atoms with van der Waals surface area (Å²) in [6.07, 6.45) is -39.5. The molecule has 0 radical (unpaired) electrons. The molecule has 0 aromatic heterocycles. The van der Waals surface area contributed by atoms with Crippen molar-refractivity contribution in [3.8, 4) is 0 Å². The molecule has 5 aliphatic carbocycles. The van der Waals surface area contributed by atoms with Crippen molar-refractivity contribution in [3.05, 3.63) is 0 Å². The summed E-state index contributed by atoms with van der Waals surface area (Å²) < 4.78 is 68.0. The van der Waals surface area contributed by atoms with Crippen molar-refractivity contribution in [2.75, 3.05) is 33.0 Å². The number of aliphatic hydroxyl groups excluding tert-OH is 17. The van der Waals surface area contributed by atoms with Crippen LogP contribution in [0.25, 0.3) is 0 Å². The molecule has 86 heavy (non-hydrogen) atoms. The Hall–Kier alpha value is -1.12. The fourth-order valence-corrected chi connectivity index (χ4v) is 19.2. The van der Waals surface area contributed by atoms with Crippen molar-refractivity contribution >= 4 is 0 Å². The van der Waals surface area contributed by atoms with Crippen LogP contribution in [0.1, 0.15) is 106 Å². The normalized spacial score (nSPS) is 57.8. The van der Waals surface area contributed by atoms with Crippen molar-refractivity contribution in [3.63, 3.8) is 0 Å². The van der Waals surface area contributed by atoms with Gasteiger partial charge in [0.2, 0.25) is 0 Å². The highest BCUT2D eigenvalue weighted by atomic mass is 16.8. The number of aliphatic hydroxyl groups is 17. The van der Waals surface area contributed by atoms with E-state index in [1.807, 2.05) is 0 Å². The van der Waals surface area contributed by atoms with E-state index >= 15 is 0 Å². The van der Waals surface area contributed by atoms with Gasteiger partial charge < -0.3 is 139 Å².